The van der Waals surface area contributed by atoms with Crippen LogP contribution in [0.15, 0.2) is 42.5 Å². The number of nitrogens with zero attached hydrogens (tertiary/aromatic N) is 1. The number of aryl methyl sites for hydroxylation is 1. The summed E-state index contributed by atoms with van der Waals surface area (Å²) < 4.78 is 5.29. The van der Waals surface area contributed by atoms with E-state index in [0.29, 0.717) is 49.7 Å². The molecule has 2 aromatic carbocycles. The first-order valence-corrected chi connectivity index (χ1v) is 8.66. The van der Waals surface area contributed by atoms with E-state index in [9.17, 15) is 9.59 Å². The smallest absolute Gasteiger partial charge is 0.255 e. The molecule has 0 atom stereocenters. The molecular weight excluding hydrogens is 366 g/mol. The third-order valence-corrected chi connectivity index (χ3v) is 4.48. The summed E-state index contributed by atoms with van der Waals surface area (Å²) in [6, 6.07) is 12.5. The predicted molar refractivity (Wildman–Crippen MR) is 107 cm³/mol. The van der Waals surface area contributed by atoms with Gasteiger partial charge in [-0.05, 0) is 42.3 Å². The van der Waals surface area contributed by atoms with Gasteiger partial charge in [-0.1, -0.05) is 18.2 Å². The molecule has 1 aliphatic heterocycles. The van der Waals surface area contributed by atoms with Gasteiger partial charge in [-0.25, -0.2) is 0 Å². The number of hydrogen-bond acceptors (Lipinski definition) is 4. The van der Waals surface area contributed by atoms with E-state index in [2.05, 4.69) is 5.32 Å². The van der Waals surface area contributed by atoms with Gasteiger partial charge in [0.05, 0.1) is 13.2 Å². The second kappa shape index (κ2) is 9.50. The van der Waals surface area contributed by atoms with Crippen molar-refractivity contribution >= 4 is 29.9 Å². The van der Waals surface area contributed by atoms with Crippen LogP contribution in [0.4, 0.5) is 5.69 Å². The van der Waals surface area contributed by atoms with Crippen LogP contribution in [0.5, 0.6) is 0 Å². The first-order valence-electron chi connectivity index (χ1n) is 8.66. The molecule has 1 heterocycles. The van der Waals surface area contributed by atoms with Crippen LogP contribution in [0.1, 0.15) is 31.8 Å². The lowest BCUT2D eigenvalue weighted by molar-refractivity contribution is 0.0303. The van der Waals surface area contributed by atoms with Gasteiger partial charge < -0.3 is 20.7 Å². The average molecular weight is 390 g/mol. The number of carbonyl (C=O) groups excluding carboxylic acids is 2. The number of halogens is 1. The Balaban J connectivity index is 0.00000261. The minimum atomic E-state index is -0.215. The van der Waals surface area contributed by atoms with Gasteiger partial charge in [0.1, 0.15) is 0 Å². The number of benzene rings is 2. The first-order chi connectivity index (χ1) is 12.6. The molecule has 0 aliphatic carbocycles. The fourth-order valence-electron chi connectivity index (χ4n) is 2.83. The third kappa shape index (κ3) is 5.07. The van der Waals surface area contributed by atoms with Crippen molar-refractivity contribution < 1.29 is 14.3 Å². The third-order valence-electron chi connectivity index (χ3n) is 4.48. The van der Waals surface area contributed by atoms with Crippen molar-refractivity contribution in [3.8, 4) is 0 Å². The van der Waals surface area contributed by atoms with Crippen molar-refractivity contribution in [3.63, 3.8) is 0 Å². The van der Waals surface area contributed by atoms with Crippen LogP contribution < -0.4 is 11.1 Å². The Morgan fingerprint density at radius 3 is 2.33 bits per heavy atom. The maximum atomic E-state index is 12.6. The maximum absolute atomic E-state index is 12.6. The van der Waals surface area contributed by atoms with Gasteiger partial charge in [0.25, 0.3) is 11.8 Å². The normalized spacial score (nSPS) is 13.6. The zero-order valence-electron chi connectivity index (χ0n) is 15.2. The highest BCUT2D eigenvalue weighted by atomic mass is 35.5. The maximum Gasteiger partial charge on any atom is 0.255 e. The van der Waals surface area contributed by atoms with Crippen LogP contribution in [-0.4, -0.2) is 43.0 Å². The second-order valence-corrected chi connectivity index (χ2v) is 6.29. The van der Waals surface area contributed by atoms with E-state index in [-0.39, 0.29) is 24.2 Å². The summed E-state index contributed by atoms with van der Waals surface area (Å²) in [5, 5.41) is 2.90. The summed E-state index contributed by atoms with van der Waals surface area (Å²) in [6.45, 7) is 4.62. The number of nitrogens with two attached hydrogens (primary N) is 1. The van der Waals surface area contributed by atoms with E-state index >= 15 is 0 Å². The van der Waals surface area contributed by atoms with Gasteiger partial charge in [0.15, 0.2) is 0 Å². The van der Waals surface area contributed by atoms with Crippen molar-refractivity contribution in [1.82, 2.24) is 4.90 Å². The van der Waals surface area contributed by atoms with E-state index in [1.807, 2.05) is 25.1 Å². The summed E-state index contributed by atoms with van der Waals surface area (Å²) in [6.07, 6.45) is 0. The number of ether oxygens (including phenoxy) is 1. The Labute approximate surface area is 165 Å². The molecule has 144 valence electrons. The molecule has 1 fully saturated rings. The molecule has 0 radical (unpaired) electrons. The van der Waals surface area contributed by atoms with Gasteiger partial charge in [-0.3, -0.25) is 9.59 Å². The van der Waals surface area contributed by atoms with Crippen molar-refractivity contribution in [1.29, 1.82) is 0 Å². The molecule has 0 aromatic heterocycles. The molecule has 2 aromatic rings. The zero-order valence-corrected chi connectivity index (χ0v) is 16.1. The lowest BCUT2D eigenvalue weighted by atomic mass is 10.1. The molecule has 7 heteroatoms. The first kappa shape index (κ1) is 20.9. The number of nitrogens with one attached hydrogen (secondary N) is 1. The van der Waals surface area contributed by atoms with Crippen molar-refractivity contribution in [3.05, 3.63) is 64.7 Å². The highest BCUT2D eigenvalue weighted by molar-refractivity contribution is 6.05. The number of hydrogen-bond donors (Lipinski definition) is 2. The lowest BCUT2D eigenvalue weighted by Crippen LogP contribution is -2.40. The molecule has 0 unspecified atom stereocenters. The monoisotopic (exact) mass is 389 g/mol. The molecule has 1 saturated heterocycles. The van der Waals surface area contributed by atoms with Gasteiger partial charge >= 0.3 is 0 Å². The SMILES string of the molecule is Cc1ccc(C(=O)N2CCOCC2)cc1NC(=O)c1ccc(CN)cc1.Cl. The standard InChI is InChI=1S/C20H23N3O3.ClH/c1-14-2-5-17(20(25)23-8-10-26-11-9-23)12-18(14)22-19(24)16-6-3-15(13-21)4-7-16;/h2-7,12H,8-11,13,21H2,1H3,(H,22,24);1H. The van der Waals surface area contributed by atoms with Crippen molar-refractivity contribution in [2.24, 2.45) is 5.73 Å². The summed E-state index contributed by atoms with van der Waals surface area (Å²) in [7, 11) is 0. The van der Waals surface area contributed by atoms with E-state index in [4.69, 9.17) is 10.5 Å². The molecule has 27 heavy (non-hydrogen) atoms. The number of morpholine rings is 1. The van der Waals surface area contributed by atoms with E-state index in [0.717, 1.165) is 11.1 Å². The summed E-state index contributed by atoms with van der Waals surface area (Å²) in [5.74, 6) is -0.260. The van der Waals surface area contributed by atoms with Gasteiger partial charge in [0.2, 0.25) is 0 Å². The zero-order chi connectivity index (χ0) is 18.5. The molecule has 6 nitrogen and oxygen atoms in total. The Bertz CT molecular complexity index is 803. The van der Waals surface area contributed by atoms with Crippen LogP contribution in [0.25, 0.3) is 0 Å². The molecule has 3 rings (SSSR count). The van der Waals surface area contributed by atoms with Crippen LogP contribution in [-0.2, 0) is 11.3 Å². The molecule has 3 N–H and O–H groups in total. The molecule has 0 saturated carbocycles. The van der Waals surface area contributed by atoms with E-state index in [1.165, 1.54) is 0 Å². The summed E-state index contributed by atoms with van der Waals surface area (Å²) in [4.78, 5) is 26.9. The highest BCUT2D eigenvalue weighted by Gasteiger charge is 2.19. The van der Waals surface area contributed by atoms with Crippen molar-refractivity contribution in [2.75, 3.05) is 31.6 Å². The largest absolute Gasteiger partial charge is 0.378 e. The molecule has 0 bridgehead atoms. The topological polar surface area (TPSA) is 84.7 Å². The summed E-state index contributed by atoms with van der Waals surface area (Å²) >= 11 is 0. The van der Waals surface area contributed by atoms with Gasteiger partial charge in [-0.15, -0.1) is 12.4 Å². The Hall–Kier alpha value is -2.41. The number of anilines is 1. The minimum Gasteiger partial charge on any atom is -0.378 e. The van der Waals surface area contributed by atoms with Crippen LogP contribution in [0.2, 0.25) is 0 Å². The molecular formula is C20H24ClN3O3. The quantitative estimate of drug-likeness (QED) is 0.841. The lowest BCUT2D eigenvalue weighted by Gasteiger charge is -2.27. The van der Waals surface area contributed by atoms with Crippen molar-refractivity contribution in [2.45, 2.75) is 13.5 Å². The molecule has 2 amide bonds. The number of amides is 2. The van der Waals surface area contributed by atoms with Crippen LogP contribution in [0, 0.1) is 6.92 Å². The number of carbonyl (C=O) groups is 2. The fourth-order valence-corrected chi connectivity index (χ4v) is 2.83. The average Bonchev–Trinajstić information content (AvgIpc) is 2.69. The second-order valence-electron chi connectivity index (χ2n) is 6.29. The van der Waals surface area contributed by atoms with E-state index in [1.54, 1.807) is 29.2 Å². The molecule has 1 aliphatic rings. The van der Waals surface area contributed by atoms with Gasteiger partial charge in [0, 0.05) is 36.4 Å². The summed E-state index contributed by atoms with van der Waals surface area (Å²) in [5.41, 5.74) is 9.19. The predicted octanol–water partition coefficient (Wildman–Crippen LogP) is 2.60. The van der Waals surface area contributed by atoms with Crippen LogP contribution in [0.3, 0.4) is 0 Å². The minimum absolute atomic E-state index is 0. The Kier molecular flexibility index (Phi) is 7.36. The fraction of sp³-hybridized carbons (Fsp3) is 0.300. The molecule has 0 spiro atoms. The Morgan fingerprint density at radius 1 is 1.07 bits per heavy atom. The highest BCUT2D eigenvalue weighted by Crippen LogP contribution is 2.20. The van der Waals surface area contributed by atoms with Crippen LogP contribution >= 0.6 is 12.4 Å². The Morgan fingerprint density at radius 2 is 1.70 bits per heavy atom. The van der Waals surface area contributed by atoms with Gasteiger partial charge in [-0.2, -0.15) is 0 Å². The number of rotatable bonds is 4. The van der Waals surface area contributed by atoms with E-state index < -0.39 is 0 Å².